The Morgan fingerprint density at radius 2 is 1.60 bits per heavy atom. The SMILES string of the molecule is COc1cncc(-c2cc([C@@]3(c4ccc(S(F)(F)(F)(F)F)cc4)N=C(N)N(C)C3=O)ccc2F)c1. The molecule has 2 aromatic carbocycles. The maximum absolute atomic E-state index is 14.8. The summed E-state index contributed by atoms with van der Waals surface area (Å²) in [4.78, 5) is 20.3. The lowest BCUT2D eigenvalue weighted by Crippen LogP contribution is -2.41. The van der Waals surface area contributed by atoms with Crippen molar-refractivity contribution in [3.8, 4) is 16.9 Å². The number of aliphatic imine (C=N–C) groups is 1. The molecule has 2 N–H and O–H groups in total. The normalized spacial score (nSPS) is 20.3. The molecular weight excluding hydrogens is 498 g/mol. The number of hydrogen-bond donors (Lipinski definition) is 1. The van der Waals surface area contributed by atoms with Gasteiger partial charge < -0.3 is 10.5 Å². The fourth-order valence-corrected chi connectivity index (χ4v) is 4.44. The lowest BCUT2D eigenvalue weighted by atomic mass is 9.81. The van der Waals surface area contributed by atoms with E-state index in [9.17, 15) is 28.6 Å². The van der Waals surface area contributed by atoms with Gasteiger partial charge in [-0.05, 0) is 41.5 Å². The Morgan fingerprint density at radius 1 is 0.971 bits per heavy atom. The highest BCUT2D eigenvalue weighted by Gasteiger charge is 2.65. The number of halogens is 6. The minimum Gasteiger partial charge on any atom is -0.495 e. The molecule has 1 aliphatic rings. The van der Waals surface area contributed by atoms with Crippen LogP contribution in [0.2, 0.25) is 0 Å². The highest BCUT2D eigenvalue weighted by Crippen LogP contribution is 3.02. The number of carbonyl (C=O) groups excluding carboxylic acids is 1. The van der Waals surface area contributed by atoms with Gasteiger partial charge in [-0.25, -0.2) is 9.38 Å². The average molecular weight is 516 g/mol. The van der Waals surface area contributed by atoms with Gasteiger partial charge in [0.1, 0.15) is 16.5 Å². The van der Waals surface area contributed by atoms with Crippen molar-refractivity contribution < 1.29 is 33.4 Å². The first-order valence-corrected chi connectivity index (χ1v) is 11.8. The van der Waals surface area contributed by atoms with E-state index in [1.54, 1.807) is 0 Å². The molecule has 0 bridgehead atoms. The molecule has 0 spiro atoms. The number of carbonyl (C=O) groups is 1. The summed E-state index contributed by atoms with van der Waals surface area (Å²) < 4.78 is 86.1. The molecular formula is C22H18F6N4O2S. The molecule has 1 atom stereocenters. The van der Waals surface area contributed by atoms with Crippen LogP contribution in [0.3, 0.4) is 0 Å². The molecule has 0 unspecified atom stereocenters. The maximum Gasteiger partial charge on any atom is 0.310 e. The summed E-state index contributed by atoms with van der Waals surface area (Å²) in [7, 11) is -7.27. The lowest BCUT2D eigenvalue weighted by molar-refractivity contribution is -0.129. The number of rotatable bonds is 5. The first-order valence-electron chi connectivity index (χ1n) is 9.84. The summed E-state index contributed by atoms with van der Waals surface area (Å²) in [5.74, 6) is -1.39. The molecule has 0 aliphatic carbocycles. The van der Waals surface area contributed by atoms with Crippen LogP contribution in [0.4, 0.5) is 23.8 Å². The number of hydrogen-bond acceptors (Lipinski definition) is 5. The Labute approximate surface area is 195 Å². The van der Waals surface area contributed by atoms with E-state index in [0.29, 0.717) is 5.75 Å². The second kappa shape index (κ2) is 7.13. The summed E-state index contributed by atoms with van der Waals surface area (Å²) in [5, 5.41) is 0. The molecule has 1 aromatic heterocycles. The van der Waals surface area contributed by atoms with Crippen LogP contribution < -0.4 is 10.5 Å². The number of amides is 1. The zero-order valence-corrected chi connectivity index (χ0v) is 19.0. The van der Waals surface area contributed by atoms with Crippen molar-refractivity contribution in [2.24, 2.45) is 10.7 Å². The van der Waals surface area contributed by atoms with Gasteiger partial charge in [-0.3, -0.25) is 14.7 Å². The minimum atomic E-state index is -9.95. The van der Waals surface area contributed by atoms with Crippen LogP contribution in [0.1, 0.15) is 11.1 Å². The molecule has 0 saturated heterocycles. The van der Waals surface area contributed by atoms with E-state index in [-0.39, 0.29) is 40.3 Å². The number of guanidine groups is 1. The van der Waals surface area contributed by atoms with Gasteiger partial charge in [-0.1, -0.05) is 37.6 Å². The molecule has 0 fully saturated rings. The molecule has 0 saturated carbocycles. The van der Waals surface area contributed by atoms with Crippen molar-refractivity contribution in [3.05, 3.63) is 77.9 Å². The summed E-state index contributed by atoms with van der Waals surface area (Å²) in [6, 6.07) is 6.88. The van der Waals surface area contributed by atoms with Gasteiger partial charge in [-0.15, -0.1) is 0 Å². The summed E-state index contributed by atoms with van der Waals surface area (Å²) >= 11 is 0. The van der Waals surface area contributed by atoms with Crippen molar-refractivity contribution in [2.45, 2.75) is 10.4 Å². The minimum absolute atomic E-state index is 0.00645. The third-order valence-corrected chi connectivity index (χ3v) is 6.76. The molecule has 1 aliphatic heterocycles. The number of methoxy groups -OCH3 is 1. The molecule has 2 heterocycles. The highest BCUT2D eigenvalue weighted by molar-refractivity contribution is 8.45. The van der Waals surface area contributed by atoms with Gasteiger partial charge in [0.05, 0.1) is 13.3 Å². The van der Waals surface area contributed by atoms with Crippen molar-refractivity contribution in [2.75, 3.05) is 14.2 Å². The number of pyridine rings is 1. The quantitative estimate of drug-likeness (QED) is 0.449. The van der Waals surface area contributed by atoms with Gasteiger partial charge in [0.25, 0.3) is 5.91 Å². The van der Waals surface area contributed by atoms with Gasteiger partial charge in [0, 0.05) is 24.4 Å². The second-order valence-corrected chi connectivity index (χ2v) is 10.3. The summed E-state index contributed by atoms with van der Waals surface area (Å²) in [5.41, 5.74) is 3.96. The van der Waals surface area contributed by atoms with Crippen LogP contribution in [0.25, 0.3) is 11.1 Å². The van der Waals surface area contributed by atoms with Gasteiger partial charge in [0.2, 0.25) is 0 Å². The molecule has 3 aromatic rings. The topological polar surface area (TPSA) is 80.8 Å². The van der Waals surface area contributed by atoms with Crippen molar-refractivity contribution in [3.63, 3.8) is 0 Å². The number of ether oxygens (including phenoxy) is 1. The fraction of sp³-hybridized carbons (Fsp3) is 0.136. The van der Waals surface area contributed by atoms with E-state index >= 15 is 0 Å². The predicted molar refractivity (Wildman–Crippen MR) is 119 cm³/mol. The zero-order chi connectivity index (χ0) is 25.9. The van der Waals surface area contributed by atoms with Crippen molar-refractivity contribution >= 4 is 22.1 Å². The molecule has 13 heteroatoms. The second-order valence-electron chi connectivity index (χ2n) is 7.85. The molecule has 4 rings (SSSR count). The lowest BCUT2D eigenvalue weighted by Gasteiger charge is -2.40. The molecule has 0 radical (unpaired) electrons. The van der Waals surface area contributed by atoms with Crippen LogP contribution in [-0.4, -0.2) is 35.9 Å². The third-order valence-electron chi connectivity index (χ3n) is 5.60. The summed E-state index contributed by atoms with van der Waals surface area (Å²) in [6.45, 7) is 0. The standard InChI is InChI=1S/C22H18F6N4O2S/c1-32-20(33)22(31-21(32)29,14-3-6-17(7-4-14)35(24,25,26,27)28)15-5-8-19(23)18(10-15)13-9-16(34-2)12-30-11-13/h3-12H,1-2H3,(H2,29,31)/t22-/m1/s1. The highest BCUT2D eigenvalue weighted by atomic mass is 32.5. The summed E-state index contributed by atoms with van der Waals surface area (Å²) in [6.07, 6.45) is 2.74. The van der Waals surface area contributed by atoms with E-state index in [0.717, 1.165) is 23.1 Å². The van der Waals surface area contributed by atoms with E-state index in [2.05, 4.69) is 9.98 Å². The third kappa shape index (κ3) is 4.16. The van der Waals surface area contributed by atoms with Gasteiger partial charge in [-0.2, -0.15) is 0 Å². The Balaban J connectivity index is 1.94. The van der Waals surface area contributed by atoms with Crippen LogP contribution in [-0.2, 0) is 10.3 Å². The molecule has 186 valence electrons. The van der Waals surface area contributed by atoms with Crippen molar-refractivity contribution in [1.29, 1.82) is 0 Å². The van der Waals surface area contributed by atoms with Crippen LogP contribution >= 0.6 is 10.2 Å². The smallest absolute Gasteiger partial charge is 0.310 e. The first kappa shape index (κ1) is 24.4. The average Bonchev–Trinajstić information content (AvgIpc) is 3.03. The maximum atomic E-state index is 14.8. The largest absolute Gasteiger partial charge is 0.495 e. The van der Waals surface area contributed by atoms with E-state index < -0.39 is 32.4 Å². The van der Waals surface area contributed by atoms with Gasteiger partial charge in [0.15, 0.2) is 11.5 Å². The van der Waals surface area contributed by atoms with Crippen molar-refractivity contribution in [1.82, 2.24) is 9.88 Å². The molecule has 35 heavy (non-hydrogen) atoms. The first-order chi connectivity index (χ1) is 16.1. The Hall–Kier alpha value is -3.74. The van der Waals surface area contributed by atoms with Crippen LogP contribution in [0, 0.1) is 5.82 Å². The number of aromatic nitrogens is 1. The van der Waals surface area contributed by atoms with Crippen LogP contribution in [0.5, 0.6) is 5.75 Å². The van der Waals surface area contributed by atoms with E-state index in [4.69, 9.17) is 10.5 Å². The number of likely N-dealkylation sites (N-methyl/N-ethyl adjacent to an activating group) is 1. The molecule has 1 amide bonds. The monoisotopic (exact) mass is 516 g/mol. The van der Waals surface area contributed by atoms with E-state index in [1.165, 1.54) is 44.8 Å². The zero-order valence-electron chi connectivity index (χ0n) is 18.2. The van der Waals surface area contributed by atoms with E-state index in [1.807, 2.05) is 0 Å². The van der Waals surface area contributed by atoms with Gasteiger partial charge >= 0.3 is 10.2 Å². The number of benzene rings is 2. The predicted octanol–water partition coefficient (Wildman–Crippen LogP) is 5.58. The number of nitrogens with two attached hydrogens (primary N) is 1. The Bertz CT molecular complexity index is 1380. The fourth-order valence-electron chi connectivity index (χ4n) is 3.79. The Morgan fingerprint density at radius 3 is 2.14 bits per heavy atom. The Kier molecular flexibility index (Phi) is 4.97. The molecule has 6 nitrogen and oxygen atoms in total. The van der Waals surface area contributed by atoms with Crippen LogP contribution in [0.15, 0.2) is 70.8 Å². The number of nitrogens with zero attached hydrogens (tertiary/aromatic N) is 3.